The SMILES string of the molecule is O=C(O)C1(Cc2sccc2Br)CCCc2ccccc21. The minimum absolute atomic E-state index is 0.567. The first-order chi connectivity index (χ1) is 9.63. The number of halogens is 1. The number of carbonyl (C=O) groups is 1. The Morgan fingerprint density at radius 3 is 2.85 bits per heavy atom. The zero-order valence-electron chi connectivity index (χ0n) is 10.9. The molecule has 0 spiro atoms. The van der Waals surface area contributed by atoms with Crippen molar-refractivity contribution >= 4 is 33.2 Å². The molecule has 1 aromatic carbocycles. The zero-order chi connectivity index (χ0) is 14.2. The Kier molecular flexibility index (Phi) is 3.69. The van der Waals surface area contributed by atoms with E-state index >= 15 is 0 Å². The fraction of sp³-hybridized carbons (Fsp3) is 0.312. The summed E-state index contributed by atoms with van der Waals surface area (Å²) in [4.78, 5) is 13.2. The largest absolute Gasteiger partial charge is 0.481 e. The number of carboxylic acid groups (broad SMARTS) is 1. The highest BCUT2D eigenvalue weighted by molar-refractivity contribution is 9.10. The van der Waals surface area contributed by atoms with Crippen LogP contribution < -0.4 is 0 Å². The Balaban J connectivity index is 2.10. The van der Waals surface area contributed by atoms with Gasteiger partial charge >= 0.3 is 5.97 Å². The molecule has 2 aromatic rings. The van der Waals surface area contributed by atoms with Crippen LogP contribution in [0.1, 0.15) is 28.8 Å². The average molecular weight is 351 g/mol. The summed E-state index contributed by atoms with van der Waals surface area (Å²) in [5.41, 5.74) is 1.41. The first-order valence-corrected chi connectivity index (χ1v) is 8.34. The third kappa shape index (κ3) is 2.21. The lowest BCUT2D eigenvalue weighted by Crippen LogP contribution is -2.41. The number of hydrogen-bond donors (Lipinski definition) is 1. The molecule has 0 saturated heterocycles. The summed E-state index contributed by atoms with van der Waals surface area (Å²) in [6.07, 6.45) is 3.20. The predicted octanol–water partition coefficient (Wildman–Crippen LogP) is 4.41. The Morgan fingerprint density at radius 2 is 2.15 bits per heavy atom. The van der Waals surface area contributed by atoms with Crippen LogP contribution in [0.25, 0.3) is 0 Å². The molecule has 1 atom stereocenters. The molecular weight excluding hydrogens is 336 g/mol. The summed E-state index contributed by atoms with van der Waals surface area (Å²) >= 11 is 5.15. The van der Waals surface area contributed by atoms with Crippen LogP contribution in [0.2, 0.25) is 0 Å². The minimum atomic E-state index is -0.776. The highest BCUT2D eigenvalue weighted by atomic mass is 79.9. The van der Waals surface area contributed by atoms with Crippen molar-refractivity contribution in [1.29, 1.82) is 0 Å². The van der Waals surface area contributed by atoms with Gasteiger partial charge in [-0.15, -0.1) is 11.3 Å². The monoisotopic (exact) mass is 350 g/mol. The van der Waals surface area contributed by atoms with Crippen molar-refractivity contribution in [2.24, 2.45) is 0 Å². The summed E-state index contributed by atoms with van der Waals surface area (Å²) in [5, 5.41) is 11.9. The van der Waals surface area contributed by atoms with Crippen molar-refractivity contribution < 1.29 is 9.90 Å². The number of hydrogen-bond acceptors (Lipinski definition) is 2. The van der Waals surface area contributed by atoms with Gasteiger partial charge in [-0.3, -0.25) is 4.79 Å². The van der Waals surface area contributed by atoms with E-state index in [0.29, 0.717) is 12.8 Å². The van der Waals surface area contributed by atoms with E-state index in [-0.39, 0.29) is 0 Å². The van der Waals surface area contributed by atoms with Crippen molar-refractivity contribution in [3.63, 3.8) is 0 Å². The molecule has 1 aliphatic rings. The van der Waals surface area contributed by atoms with E-state index in [4.69, 9.17) is 0 Å². The predicted molar refractivity (Wildman–Crippen MR) is 84.4 cm³/mol. The number of aliphatic carboxylic acids is 1. The number of fused-ring (bicyclic) bond motifs is 1. The molecule has 1 aliphatic carbocycles. The van der Waals surface area contributed by atoms with E-state index in [1.807, 2.05) is 29.6 Å². The Labute approximate surface area is 130 Å². The van der Waals surface area contributed by atoms with Crippen LogP contribution in [-0.2, 0) is 23.1 Å². The molecule has 0 saturated carbocycles. The Hall–Kier alpha value is -1.13. The molecule has 3 rings (SSSR count). The van der Waals surface area contributed by atoms with Gasteiger partial charge in [0.05, 0.1) is 5.41 Å². The van der Waals surface area contributed by atoms with Gasteiger partial charge in [0.15, 0.2) is 0 Å². The fourth-order valence-electron chi connectivity index (χ4n) is 3.13. The van der Waals surface area contributed by atoms with Crippen LogP contribution in [0.5, 0.6) is 0 Å². The second kappa shape index (κ2) is 5.34. The second-order valence-electron chi connectivity index (χ2n) is 5.27. The van der Waals surface area contributed by atoms with Crippen molar-refractivity contribution in [1.82, 2.24) is 0 Å². The number of benzene rings is 1. The van der Waals surface area contributed by atoms with E-state index in [2.05, 4.69) is 22.0 Å². The van der Waals surface area contributed by atoms with Gasteiger partial charge in [0, 0.05) is 15.8 Å². The van der Waals surface area contributed by atoms with Gasteiger partial charge in [0.25, 0.3) is 0 Å². The van der Waals surface area contributed by atoms with Gasteiger partial charge in [0.2, 0.25) is 0 Å². The summed E-state index contributed by atoms with van der Waals surface area (Å²) in [6, 6.07) is 9.99. The van der Waals surface area contributed by atoms with Crippen LogP contribution in [0.4, 0.5) is 0 Å². The van der Waals surface area contributed by atoms with Crippen LogP contribution in [0.3, 0.4) is 0 Å². The Morgan fingerprint density at radius 1 is 1.35 bits per heavy atom. The summed E-state index contributed by atoms with van der Waals surface area (Å²) in [6.45, 7) is 0. The molecule has 1 N–H and O–H groups in total. The van der Waals surface area contributed by atoms with E-state index in [1.165, 1.54) is 5.56 Å². The minimum Gasteiger partial charge on any atom is -0.481 e. The highest BCUT2D eigenvalue weighted by Crippen LogP contribution is 2.42. The molecular formula is C16H15BrO2S. The molecule has 2 nitrogen and oxygen atoms in total. The normalized spacial score (nSPS) is 21.4. The molecule has 0 bridgehead atoms. The molecule has 0 amide bonds. The summed E-state index contributed by atoms with van der Waals surface area (Å²) in [7, 11) is 0. The van der Waals surface area contributed by atoms with Crippen LogP contribution in [0, 0.1) is 0 Å². The third-order valence-electron chi connectivity index (χ3n) is 4.15. The van der Waals surface area contributed by atoms with Gasteiger partial charge < -0.3 is 5.11 Å². The van der Waals surface area contributed by atoms with Crippen LogP contribution >= 0.6 is 27.3 Å². The van der Waals surface area contributed by atoms with Crippen molar-refractivity contribution in [3.05, 3.63) is 56.2 Å². The van der Waals surface area contributed by atoms with E-state index in [1.54, 1.807) is 11.3 Å². The van der Waals surface area contributed by atoms with E-state index < -0.39 is 11.4 Å². The molecule has 4 heteroatoms. The van der Waals surface area contributed by atoms with Crippen molar-refractivity contribution in [3.8, 4) is 0 Å². The molecule has 104 valence electrons. The number of rotatable bonds is 3. The first kappa shape index (κ1) is 13.8. The molecule has 0 radical (unpaired) electrons. The van der Waals surface area contributed by atoms with Gasteiger partial charge in [-0.05, 0) is 57.8 Å². The Bertz CT molecular complexity index is 649. The lowest BCUT2D eigenvalue weighted by atomic mass is 9.68. The highest BCUT2D eigenvalue weighted by Gasteiger charge is 2.44. The van der Waals surface area contributed by atoms with Gasteiger partial charge in [-0.25, -0.2) is 0 Å². The van der Waals surface area contributed by atoms with Crippen molar-refractivity contribution in [2.45, 2.75) is 31.1 Å². The smallest absolute Gasteiger partial charge is 0.314 e. The number of thiophene rings is 1. The molecule has 0 aliphatic heterocycles. The first-order valence-electron chi connectivity index (χ1n) is 6.67. The maximum Gasteiger partial charge on any atom is 0.314 e. The quantitative estimate of drug-likeness (QED) is 0.889. The zero-order valence-corrected chi connectivity index (χ0v) is 13.3. The van der Waals surface area contributed by atoms with Gasteiger partial charge in [0.1, 0.15) is 0 Å². The van der Waals surface area contributed by atoms with Crippen LogP contribution in [-0.4, -0.2) is 11.1 Å². The molecule has 0 fully saturated rings. The summed E-state index contributed by atoms with van der Waals surface area (Å²) in [5.74, 6) is -0.704. The summed E-state index contributed by atoms with van der Waals surface area (Å²) < 4.78 is 1.02. The van der Waals surface area contributed by atoms with Gasteiger partial charge in [-0.1, -0.05) is 24.3 Å². The molecule has 1 heterocycles. The third-order valence-corrected chi connectivity index (χ3v) is 6.07. The van der Waals surface area contributed by atoms with Gasteiger partial charge in [-0.2, -0.15) is 0 Å². The van der Waals surface area contributed by atoms with E-state index in [9.17, 15) is 9.90 Å². The van der Waals surface area contributed by atoms with Crippen LogP contribution in [0.15, 0.2) is 40.2 Å². The standard InChI is InChI=1S/C16H15BrO2S/c17-13-7-9-20-14(13)10-16(15(18)19)8-3-5-11-4-1-2-6-12(11)16/h1-2,4,6-7,9H,3,5,8,10H2,(H,18,19). The lowest BCUT2D eigenvalue weighted by Gasteiger charge is -2.35. The number of aryl methyl sites for hydroxylation is 1. The average Bonchev–Trinajstić information content (AvgIpc) is 2.84. The molecule has 20 heavy (non-hydrogen) atoms. The van der Waals surface area contributed by atoms with Crippen molar-refractivity contribution in [2.75, 3.05) is 0 Å². The maximum absolute atomic E-state index is 12.1. The van der Waals surface area contributed by atoms with E-state index in [0.717, 1.165) is 27.8 Å². The molecule has 1 aromatic heterocycles. The maximum atomic E-state index is 12.1. The topological polar surface area (TPSA) is 37.3 Å². The second-order valence-corrected chi connectivity index (χ2v) is 7.12. The lowest BCUT2D eigenvalue weighted by molar-refractivity contribution is -0.144. The molecule has 1 unspecified atom stereocenters. The fourth-order valence-corrected chi connectivity index (χ4v) is 4.73. The number of carboxylic acids is 1.